The first-order chi connectivity index (χ1) is 8.96. The van der Waals surface area contributed by atoms with Crippen LogP contribution in [0.1, 0.15) is 37.7 Å². The van der Waals surface area contributed by atoms with Crippen LogP contribution in [0.3, 0.4) is 0 Å². The van der Waals surface area contributed by atoms with Gasteiger partial charge in [-0.25, -0.2) is 13.4 Å². The van der Waals surface area contributed by atoms with Gasteiger partial charge in [-0.05, 0) is 37.3 Å². The molecule has 0 unspecified atom stereocenters. The molecule has 1 aromatic heterocycles. The van der Waals surface area contributed by atoms with E-state index in [0.29, 0.717) is 10.8 Å². The second-order valence-electron chi connectivity index (χ2n) is 5.22. The average molecular weight is 303 g/mol. The minimum atomic E-state index is -3.30. The van der Waals surface area contributed by atoms with E-state index < -0.39 is 10.0 Å². The van der Waals surface area contributed by atoms with Crippen LogP contribution in [0.5, 0.6) is 0 Å². The van der Waals surface area contributed by atoms with Crippen LogP contribution in [0.25, 0.3) is 0 Å². The molecular formula is C13H19ClN2O2S. The van der Waals surface area contributed by atoms with E-state index in [2.05, 4.69) is 9.71 Å². The van der Waals surface area contributed by atoms with E-state index in [4.69, 9.17) is 11.6 Å². The molecule has 1 aliphatic rings. The molecule has 19 heavy (non-hydrogen) atoms. The van der Waals surface area contributed by atoms with Gasteiger partial charge in [-0.1, -0.05) is 30.9 Å². The highest BCUT2D eigenvalue weighted by atomic mass is 35.5. The lowest BCUT2D eigenvalue weighted by molar-refractivity contribution is 0.385. The first-order valence-electron chi connectivity index (χ1n) is 6.59. The van der Waals surface area contributed by atoms with E-state index in [1.165, 1.54) is 12.6 Å². The Bertz CT molecular complexity index is 540. The molecule has 6 heteroatoms. The summed E-state index contributed by atoms with van der Waals surface area (Å²) in [4.78, 5) is 3.95. The molecule has 0 radical (unpaired) electrons. The molecule has 0 spiro atoms. The zero-order valence-corrected chi connectivity index (χ0v) is 12.6. The highest BCUT2D eigenvalue weighted by Gasteiger charge is 2.21. The van der Waals surface area contributed by atoms with Gasteiger partial charge in [-0.15, -0.1) is 0 Å². The van der Waals surface area contributed by atoms with Crippen LogP contribution >= 0.6 is 11.6 Å². The van der Waals surface area contributed by atoms with Crippen LogP contribution < -0.4 is 4.72 Å². The summed E-state index contributed by atoms with van der Waals surface area (Å²) < 4.78 is 26.8. The Labute approximate surface area is 119 Å². The maximum atomic E-state index is 12.1. The number of nitrogens with one attached hydrogen (secondary N) is 1. The Morgan fingerprint density at radius 1 is 1.37 bits per heavy atom. The molecule has 0 saturated heterocycles. The highest BCUT2D eigenvalue weighted by molar-refractivity contribution is 7.92. The van der Waals surface area contributed by atoms with Crippen LogP contribution in [0.15, 0.2) is 12.3 Å². The molecule has 0 amide bonds. The van der Waals surface area contributed by atoms with Gasteiger partial charge in [0.15, 0.2) is 0 Å². The van der Waals surface area contributed by atoms with Gasteiger partial charge >= 0.3 is 0 Å². The molecule has 0 atom stereocenters. The van der Waals surface area contributed by atoms with E-state index >= 15 is 0 Å². The maximum absolute atomic E-state index is 12.1. The molecule has 1 saturated carbocycles. The van der Waals surface area contributed by atoms with Crippen LogP contribution in [-0.4, -0.2) is 19.2 Å². The van der Waals surface area contributed by atoms with Gasteiger partial charge in [0.05, 0.1) is 17.6 Å². The zero-order chi connectivity index (χ0) is 13.9. The van der Waals surface area contributed by atoms with E-state index in [0.717, 1.165) is 31.2 Å². The highest BCUT2D eigenvalue weighted by Crippen LogP contribution is 2.25. The predicted molar refractivity (Wildman–Crippen MR) is 78.0 cm³/mol. The fourth-order valence-corrected chi connectivity index (χ4v) is 4.11. The largest absolute Gasteiger partial charge is 0.282 e. The van der Waals surface area contributed by atoms with Gasteiger partial charge in [0, 0.05) is 0 Å². The van der Waals surface area contributed by atoms with Crippen molar-refractivity contribution in [3.63, 3.8) is 0 Å². The molecule has 1 heterocycles. The predicted octanol–water partition coefficient (Wildman–Crippen LogP) is 3.37. The fourth-order valence-electron chi connectivity index (χ4n) is 2.50. The minimum Gasteiger partial charge on any atom is -0.282 e. The van der Waals surface area contributed by atoms with Gasteiger partial charge in [0.1, 0.15) is 5.15 Å². The lowest BCUT2D eigenvalue weighted by atomic mass is 9.91. The smallest absolute Gasteiger partial charge is 0.233 e. The van der Waals surface area contributed by atoms with E-state index in [9.17, 15) is 8.42 Å². The summed E-state index contributed by atoms with van der Waals surface area (Å²) in [5.41, 5.74) is 1.25. The molecule has 1 aliphatic carbocycles. The molecular weight excluding hydrogens is 284 g/mol. The molecule has 0 aromatic carbocycles. The molecule has 0 bridgehead atoms. The lowest BCUT2D eigenvalue weighted by Gasteiger charge is -2.21. The monoisotopic (exact) mass is 302 g/mol. The summed E-state index contributed by atoms with van der Waals surface area (Å²) in [6, 6.07) is 1.70. The topological polar surface area (TPSA) is 59.1 Å². The standard InChI is InChI=1S/C13H19ClN2O2S/c1-10-7-12(8-15-13(10)14)16-19(17,18)9-11-5-3-2-4-6-11/h7-8,11,16H,2-6,9H2,1H3. The zero-order valence-electron chi connectivity index (χ0n) is 11.0. The van der Waals surface area contributed by atoms with Crippen LogP contribution in [0, 0.1) is 12.8 Å². The second kappa shape index (κ2) is 6.09. The second-order valence-corrected chi connectivity index (χ2v) is 7.34. The van der Waals surface area contributed by atoms with E-state index in [-0.39, 0.29) is 11.7 Å². The summed E-state index contributed by atoms with van der Waals surface area (Å²) >= 11 is 5.82. The van der Waals surface area contributed by atoms with Crippen LogP contribution in [-0.2, 0) is 10.0 Å². The first-order valence-corrected chi connectivity index (χ1v) is 8.62. The molecule has 4 nitrogen and oxygen atoms in total. The number of sulfonamides is 1. The third kappa shape index (κ3) is 4.35. The maximum Gasteiger partial charge on any atom is 0.233 e. The molecule has 2 rings (SSSR count). The Morgan fingerprint density at radius 2 is 2.05 bits per heavy atom. The molecule has 0 aliphatic heterocycles. The van der Waals surface area contributed by atoms with Gasteiger partial charge in [-0.3, -0.25) is 4.72 Å². The number of pyridine rings is 1. The van der Waals surface area contributed by atoms with Crippen molar-refractivity contribution in [2.45, 2.75) is 39.0 Å². The summed E-state index contributed by atoms with van der Waals surface area (Å²) in [6.07, 6.45) is 6.99. The summed E-state index contributed by atoms with van der Waals surface area (Å²) in [6.45, 7) is 1.80. The van der Waals surface area contributed by atoms with Gasteiger partial charge in [-0.2, -0.15) is 0 Å². The van der Waals surface area contributed by atoms with Crippen molar-refractivity contribution < 1.29 is 8.42 Å². The van der Waals surface area contributed by atoms with E-state index in [1.807, 2.05) is 0 Å². The van der Waals surface area contributed by atoms with Crippen molar-refractivity contribution in [2.24, 2.45) is 5.92 Å². The van der Waals surface area contributed by atoms with Gasteiger partial charge in [0.2, 0.25) is 10.0 Å². The number of hydrogen-bond acceptors (Lipinski definition) is 3. The first kappa shape index (κ1) is 14.6. The van der Waals surface area contributed by atoms with Gasteiger partial charge < -0.3 is 0 Å². The van der Waals surface area contributed by atoms with Crippen molar-refractivity contribution in [3.8, 4) is 0 Å². The van der Waals surface area contributed by atoms with Gasteiger partial charge in [0.25, 0.3) is 0 Å². The molecule has 1 fully saturated rings. The quantitative estimate of drug-likeness (QED) is 0.868. The van der Waals surface area contributed by atoms with Crippen LogP contribution in [0.4, 0.5) is 5.69 Å². The normalized spacial score (nSPS) is 17.4. The minimum absolute atomic E-state index is 0.203. The summed E-state index contributed by atoms with van der Waals surface area (Å²) in [7, 11) is -3.30. The number of rotatable bonds is 4. The van der Waals surface area contributed by atoms with Crippen molar-refractivity contribution in [1.29, 1.82) is 0 Å². The van der Waals surface area contributed by atoms with Crippen molar-refractivity contribution in [3.05, 3.63) is 23.0 Å². The molecule has 1 N–H and O–H groups in total. The Morgan fingerprint density at radius 3 is 2.68 bits per heavy atom. The Balaban J connectivity index is 2.01. The third-order valence-corrected chi connectivity index (χ3v) is 5.32. The fraction of sp³-hybridized carbons (Fsp3) is 0.615. The lowest BCUT2D eigenvalue weighted by Crippen LogP contribution is -2.24. The number of halogens is 1. The number of aryl methyl sites for hydroxylation is 1. The van der Waals surface area contributed by atoms with Crippen molar-refractivity contribution >= 4 is 27.3 Å². The Hall–Kier alpha value is -0.810. The summed E-state index contributed by atoms with van der Waals surface area (Å²) in [5.74, 6) is 0.488. The number of anilines is 1. The number of nitrogens with zero attached hydrogens (tertiary/aromatic N) is 1. The molecule has 106 valence electrons. The van der Waals surface area contributed by atoms with Crippen molar-refractivity contribution in [1.82, 2.24) is 4.98 Å². The summed E-state index contributed by atoms with van der Waals surface area (Å²) in [5, 5.41) is 0.398. The van der Waals surface area contributed by atoms with Crippen LogP contribution in [0.2, 0.25) is 5.15 Å². The Kier molecular flexibility index (Phi) is 4.68. The average Bonchev–Trinajstić information content (AvgIpc) is 2.34. The third-order valence-electron chi connectivity index (χ3n) is 3.47. The number of aromatic nitrogens is 1. The van der Waals surface area contributed by atoms with E-state index in [1.54, 1.807) is 13.0 Å². The number of hydrogen-bond donors (Lipinski definition) is 1. The van der Waals surface area contributed by atoms with Crippen molar-refractivity contribution in [2.75, 3.05) is 10.5 Å². The molecule has 1 aromatic rings. The SMILES string of the molecule is Cc1cc(NS(=O)(=O)CC2CCCCC2)cnc1Cl.